The summed E-state index contributed by atoms with van der Waals surface area (Å²) in [6, 6.07) is 1.72. The molecule has 0 aromatic heterocycles. The molecule has 0 bridgehead atoms. The molecule has 33 heavy (non-hydrogen) atoms. The van der Waals surface area contributed by atoms with Crippen LogP contribution >= 0.6 is 11.8 Å². The van der Waals surface area contributed by atoms with Gasteiger partial charge in [0, 0.05) is 30.0 Å². The molecule has 0 N–H and O–H groups in total. The monoisotopic (exact) mass is 469 g/mol. The second kappa shape index (κ2) is 13.1. The van der Waals surface area contributed by atoms with Crippen molar-refractivity contribution < 1.29 is 14.0 Å². The van der Waals surface area contributed by atoms with E-state index < -0.39 is 0 Å². The minimum absolute atomic E-state index is 0.0305. The maximum absolute atomic E-state index is 13.1. The highest BCUT2D eigenvalue weighted by atomic mass is 32.2. The van der Waals surface area contributed by atoms with Crippen LogP contribution in [0.4, 0.5) is 10.1 Å². The summed E-state index contributed by atoms with van der Waals surface area (Å²) in [5.74, 6) is 1.36. The first-order valence-corrected chi connectivity index (χ1v) is 11.9. The van der Waals surface area contributed by atoms with Gasteiger partial charge < -0.3 is 9.80 Å². The number of hydrogen-bond donors (Lipinski definition) is 0. The van der Waals surface area contributed by atoms with Gasteiger partial charge in [0.05, 0.1) is 23.8 Å². The quantitative estimate of drug-likeness (QED) is 0.249. The fourth-order valence-electron chi connectivity index (χ4n) is 3.56. The summed E-state index contributed by atoms with van der Waals surface area (Å²) >= 11 is 1.73. The van der Waals surface area contributed by atoms with Crippen LogP contribution in [0, 0.1) is 0 Å². The molecular weight excluding hydrogens is 437 g/mol. The maximum atomic E-state index is 13.1. The van der Waals surface area contributed by atoms with Crippen LogP contribution in [0.3, 0.4) is 0 Å². The third kappa shape index (κ3) is 7.65. The summed E-state index contributed by atoms with van der Waals surface area (Å²) in [6.45, 7) is 10.1. The van der Waals surface area contributed by atoms with Gasteiger partial charge in [-0.2, -0.15) is 0 Å². The van der Waals surface area contributed by atoms with Gasteiger partial charge in [0.2, 0.25) is 5.91 Å². The molecule has 7 heteroatoms. The van der Waals surface area contributed by atoms with Crippen LogP contribution < -0.4 is 0 Å². The van der Waals surface area contributed by atoms with Crippen molar-refractivity contribution in [1.82, 2.24) is 9.80 Å². The van der Waals surface area contributed by atoms with E-state index in [9.17, 15) is 14.0 Å². The lowest BCUT2D eigenvalue weighted by Gasteiger charge is -2.22. The third-order valence-corrected chi connectivity index (χ3v) is 6.20. The molecule has 1 aromatic carbocycles. The van der Waals surface area contributed by atoms with Crippen LogP contribution in [-0.2, 0) is 17.8 Å². The zero-order valence-electron chi connectivity index (χ0n) is 19.6. The summed E-state index contributed by atoms with van der Waals surface area (Å²) in [5, 5.41) is 0. The standard InChI is InChI=1S/C26H32FN3O2S/c1-6-20(11-10-19(2)27)8-7-9-22-23(15-26(32)30-12-13-33-18-30)24(16-29(4)5)21(17-31)14-25(22)28-3/h6-7,9-11,14,17H,1,3,8,12-13,15-16,18H2,2,4-5H3/b9-7+,19-10+,20-11+. The topological polar surface area (TPSA) is 53.0 Å². The molecule has 2 rings (SSSR count). The SMILES string of the molecule is C=C/C(=C\C=C(/C)F)C/C=C/c1c(N=C)cc(C=O)c(CN(C)C)c1CC(=O)N1CCSC1. The van der Waals surface area contributed by atoms with E-state index >= 15 is 0 Å². The van der Waals surface area contributed by atoms with Gasteiger partial charge in [-0.1, -0.05) is 30.9 Å². The largest absolute Gasteiger partial charge is 0.332 e. The zero-order chi connectivity index (χ0) is 24.4. The first-order valence-electron chi connectivity index (χ1n) is 10.7. The molecule has 1 aliphatic heterocycles. The summed E-state index contributed by atoms with van der Waals surface area (Å²) in [7, 11) is 3.85. The van der Waals surface area contributed by atoms with Crippen LogP contribution in [-0.4, -0.2) is 61.0 Å². The van der Waals surface area contributed by atoms with E-state index in [0.29, 0.717) is 30.1 Å². The predicted molar refractivity (Wildman–Crippen MR) is 138 cm³/mol. The molecule has 1 fully saturated rings. The fraction of sp³-hybridized carbons (Fsp3) is 0.346. The van der Waals surface area contributed by atoms with Gasteiger partial charge in [-0.15, -0.1) is 11.8 Å². The number of hydrogen-bond acceptors (Lipinski definition) is 5. The van der Waals surface area contributed by atoms with Crippen LogP contribution in [0.2, 0.25) is 0 Å². The molecule has 0 saturated carbocycles. The van der Waals surface area contributed by atoms with Crippen LogP contribution in [0.25, 0.3) is 6.08 Å². The van der Waals surface area contributed by atoms with Crippen molar-refractivity contribution in [3.05, 3.63) is 70.6 Å². The van der Waals surface area contributed by atoms with Crippen molar-refractivity contribution in [3.8, 4) is 0 Å². The van der Waals surface area contributed by atoms with E-state index in [1.54, 1.807) is 30.0 Å². The van der Waals surface area contributed by atoms with Gasteiger partial charge in [-0.25, -0.2) is 4.39 Å². The van der Waals surface area contributed by atoms with Gasteiger partial charge >= 0.3 is 0 Å². The number of carbonyl (C=O) groups excluding carboxylic acids is 2. The highest BCUT2D eigenvalue weighted by molar-refractivity contribution is 7.99. The first-order chi connectivity index (χ1) is 15.8. The Balaban J connectivity index is 2.55. The molecule has 0 spiro atoms. The number of allylic oxidation sites excluding steroid dienone is 6. The van der Waals surface area contributed by atoms with E-state index in [0.717, 1.165) is 40.8 Å². The van der Waals surface area contributed by atoms with E-state index in [1.807, 2.05) is 36.0 Å². The second-order valence-corrected chi connectivity index (χ2v) is 9.12. The smallest absolute Gasteiger partial charge is 0.227 e. The minimum atomic E-state index is -0.282. The molecule has 0 radical (unpaired) electrons. The molecule has 1 aliphatic rings. The van der Waals surface area contributed by atoms with Crippen molar-refractivity contribution in [2.75, 3.05) is 32.3 Å². The van der Waals surface area contributed by atoms with Gasteiger partial charge in [0.1, 0.15) is 6.29 Å². The molecule has 1 heterocycles. The molecule has 1 saturated heterocycles. The predicted octanol–water partition coefficient (Wildman–Crippen LogP) is 5.36. The average molecular weight is 470 g/mol. The van der Waals surface area contributed by atoms with Crippen LogP contribution in [0.1, 0.15) is 40.4 Å². The highest BCUT2D eigenvalue weighted by Gasteiger charge is 2.23. The number of aliphatic imine (C=N–C) groups is 1. The Morgan fingerprint density at radius 3 is 2.64 bits per heavy atom. The lowest BCUT2D eigenvalue weighted by Crippen LogP contribution is -2.30. The van der Waals surface area contributed by atoms with Crippen molar-refractivity contribution >= 4 is 42.4 Å². The van der Waals surface area contributed by atoms with Gasteiger partial charge in [-0.3, -0.25) is 14.6 Å². The summed E-state index contributed by atoms with van der Waals surface area (Å²) in [4.78, 5) is 32.9. The Morgan fingerprint density at radius 2 is 2.09 bits per heavy atom. The molecule has 5 nitrogen and oxygen atoms in total. The molecule has 0 atom stereocenters. The number of halogens is 1. The Morgan fingerprint density at radius 1 is 1.33 bits per heavy atom. The lowest BCUT2D eigenvalue weighted by atomic mass is 9.91. The molecule has 176 valence electrons. The van der Waals surface area contributed by atoms with Crippen molar-refractivity contribution in [1.29, 1.82) is 0 Å². The number of thioether (sulfide) groups is 1. The van der Waals surface area contributed by atoms with Crippen molar-refractivity contribution in [2.24, 2.45) is 4.99 Å². The maximum Gasteiger partial charge on any atom is 0.227 e. The molecular formula is C26H32FN3O2S. The fourth-order valence-corrected chi connectivity index (χ4v) is 4.53. The van der Waals surface area contributed by atoms with Gasteiger partial charge in [-0.05, 0) is 63.0 Å². The summed E-state index contributed by atoms with van der Waals surface area (Å²) < 4.78 is 13.1. The normalized spacial score (nSPS) is 14.9. The van der Waals surface area contributed by atoms with E-state index in [2.05, 4.69) is 18.3 Å². The third-order valence-electron chi connectivity index (χ3n) is 5.24. The van der Waals surface area contributed by atoms with E-state index in [1.165, 1.54) is 13.0 Å². The number of rotatable bonds is 11. The average Bonchev–Trinajstić information content (AvgIpc) is 3.32. The number of carbonyl (C=O) groups is 2. The Hall–Kier alpha value is -2.77. The molecule has 1 amide bonds. The van der Waals surface area contributed by atoms with Crippen LogP contribution in [0.5, 0.6) is 0 Å². The Bertz CT molecular complexity index is 986. The Kier molecular flexibility index (Phi) is 10.5. The molecule has 1 aromatic rings. The van der Waals surface area contributed by atoms with Crippen molar-refractivity contribution in [2.45, 2.75) is 26.3 Å². The minimum Gasteiger partial charge on any atom is -0.332 e. The number of aldehydes is 1. The molecule has 0 unspecified atom stereocenters. The summed E-state index contributed by atoms with van der Waals surface area (Å²) in [6.07, 6.45) is 10.1. The molecule has 0 aliphatic carbocycles. The van der Waals surface area contributed by atoms with Crippen molar-refractivity contribution in [3.63, 3.8) is 0 Å². The van der Waals surface area contributed by atoms with E-state index in [-0.39, 0.29) is 18.2 Å². The first kappa shape index (κ1) is 26.5. The van der Waals surface area contributed by atoms with Crippen LogP contribution in [0.15, 0.2) is 53.3 Å². The number of amides is 1. The number of nitrogens with zero attached hydrogens (tertiary/aromatic N) is 3. The number of benzene rings is 1. The second-order valence-electron chi connectivity index (χ2n) is 8.05. The Labute approximate surface area is 200 Å². The zero-order valence-corrected chi connectivity index (χ0v) is 20.5. The van der Waals surface area contributed by atoms with E-state index in [4.69, 9.17) is 0 Å². The van der Waals surface area contributed by atoms with Gasteiger partial charge in [0.15, 0.2) is 0 Å². The van der Waals surface area contributed by atoms with Gasteiger partial charge in [0.25, 0.3) is 0 Å². The highest BCUT2D eigenvalue weighted by Crippen LogP contribution is 2.32. The lowest BCUT2D eigenvalue weighted by molar-refractivity contribution is -0.129. The summed E-state index contributed by atoms with van der Waals surface area (Å²) in [5.41, 5.74) is 4.29.